The maximum absolute atomic E-state index is 4.58. The van der Waals surface area contributed by atoms with Gasteiger partial charge in [0, 0.05) is 25.5 Å². The molecule has 2 aromatic rings. The molecule has 0 aliphatic carbocycles. The van der Waals surface area contributed by atoms with Gasteiger partial charge in [-0.15, -0.1) is 0 Å². The van der Waals surface area contributed by atoms with Gasteiger partial charge in [0.15, 0.2) is 0 Å². The molecule has 0 radical (unpaired) electrons. The molecular weight excluding hydrogens is 224 g/mol. The van der Waals surface area contributed by atoms with Crippen LogP contribution in [0, 0.1) is 5.92 Å². The third-order valence-electron chi connectivity index (χ3n) is 3.64. The van der Waals surface area contributed by atoms with Crippen LogP contribution in [0.4, 0.5) is 0 Å². The van der Waals surface area contributed by atoms with Gasteiger partial charge in [-0.2, -0.15) is 0 Å². The van der Waals surface area contributed by atoms with Gasteiger partial charge in [0.1, 0.15) is 5.65 Å². The van der Waals surface area contributed by atoms with E-state index in [-0.39, 0.29) is 0 Å². The summed E-state index contributed by atoms with van der Waals surface area (Å²) in [7, 11) is 2.20. The van der Waals surface area contributed by atoms with Gasteiger partial charge in [0.05, 0.1) is 5.69 Å². The van der Waals surface area contributed by atoms with Crippen molar-refractivity contribution in [3.8, 4) is 0 Å². The van der Waals surface area contributed by atoms with Crippen LogP contribution in [0.5, 0.6) is 0 Å². The van der Waals surface area contributed by atoms with Crippen molar-refractivity contribution in [2.75, 3.05) is 26.7 Å². The summed E-state index contributed by atoms with van der Waals surface area (Å²) < 4.78 is 2.07. The Kier molecular flexibility index (Phi) is 3.30. The number of likely N-dealkylation sites (tertiary alicyclic amines) is 1. The third kappa shape index (κ3) is 2.54. The van der Waals surface area contributed by atoms with Crippen LogP contribution in [-0.4, -0.2) is 41.0 Å². The summed E-state index contributed by atoms with van der Waals surface area (Å²) in [5.74, 6) is 0.798. The van der Waals surface area contributed by atoms with E-state index in [4.69, 9.17) is 0 Å². The Labute approximate surface area is 108 Å². The van der Waals surface area contributed by atoms with Crippen LogP contribution in [0.2, 0.25) is 0 Å². The molecule has 0 spiro atoms. The SMILES string of the molecule is CN1CCC(CNCc2cn3ccccc3n2)C1. The molecule has 18 heavy (non-hydrogen) atoms. The van der Waals surface area contributed by atoms with Crippen LogP contribution < -0.4 is 5.32 Å². The van der Waals surface area contributed by atoms with Crippen LogP contribution in [0.3, 0.4) is 0 Å². The molecule has 1 aliphatic rings. The van der Waals surface area contributed by atoms with Crippen molar-refractivity contribution < 1.29 is 0 Å². The molecule has 96 valence electrons. The number of fused-ring (bicyclic) bond motifs is 1. The van der Waals surface area contributed by atoms with Gasteiger partial charge >= 0.3 is 0 Å². The monoisotopic (exact) mass is 244 g/mol. The summed E-state index contributed by atoms with van der Waals surface area (Å²) in [6.45, 7) is 4.42. The van der Waals surface area contributed by atoms with Gasteiger partial charge in [0.25, 0.3) is 0 Å². The van der Waals surface area contributed by atoms with Gasteiger partial charge in [-0.05, 0) is 44.6 Å². The molecule has 1 saturated heterocycles. The van der Waals surface area contributed by atoms with E-state index in [0.29, 0.717) is 0 Å². The summed E-state index contributed by atoms with van der Waals surface area (Å²) >= 11 is 0. The lowest BCUT2D eigenvalue weighted by Gasteiger charge is -2.10. The first-order valence-electron chi connectivity index (χ1n) is 6.63. The maximum Gasteiger partial charge on any atom is 0.137 e. The molecule has 2 aromatic heterocycles. The molecular formula is C14H20N4. The summed E-state index contributed by atoms with van der Waals surface area (Å²) in [6.07, 6.45) is 5.45. The average molecular weight is 244 g/mol. The van der Waals surface area contributed by atoms with Crippen molar-refractivity contribution in [3.63, 3.8) is 0 Å². The number of nitrogens with one attached hydrogen (secondary N) is 1. The zero-order valence-corrected chi connectivity index (χ0v) is 10.8. The first-order valence-corrected chi connectivity index (χ1v) is 6.63. The number of hydrogen-bond acceptors (Lipinski definition) is 3. The highest BCUT2D eigenvalue weighted by Crippen LogP contribution is 2.13. The predicted molar refractivity (Wildman–Crippen MR) is 72.5 cm³/mol. The number of imidazole rings is 1. The Balaban J connectivity index is 1.53. The van der Waals surface area contributed by atoms with Gasteiger partial charge in [-0.3, -0.25) is 0 Å². The van der Waals surface area contributed by atoms with E-state index in [1.54, 1.807) is 0 Å². The highest BCUT2D eigenvalue weighted by molar-refractivity contribution is 5.39. The topological polar surface area (TPSA) is 32.6 Å². The Bertz CT molecular complexity index is 486. The highest BCUT2D eigenvalue weighted by Gasteiger charge is 2.18. The van der Waals surface area contributed by atoms with E-state index in [1.807, 2.05) is 24.4 Å². The van der Waals surface area contributed by atoms with Crippen molar-refractivity contribution in [1.82, 2.24) is 19.6 Å². The summed E-state index contributed by atoms with van der Waals surface area (Å²) in [5, 5.41) is 3.52. The van der Waals surface area contributed by atoms with E-state index in [9.17, 15) is 0 Å². The van der Waals surface area contributed by atoms with Gasteiger partial charge in [-0.1, -0.05) is 6.07 Å². The van der Waals surface area contributed by atoms with Crippen LogP contribution in [0.1, 0.15) is 12.1 Å². The molecule has 3 heterocycles. The first-order chi connectivity index (χ1) is 8.81. The molecule has 4 nitrogen and oxygen atoms in total. The Morgan fingerprint density at radius 3 is 3.17 bits per heavy atom. The molecule has 4 heteroatoms. The fraction of sp³-hybridized carbons (Fsp3) is 0.500. The molecule has 0 aromatic carbocycles. The highest BCUT2D eigenvalue weighted by atomic mass is 15.1. The van der Waals surface area contributed by atoms with Crippen LogP contribution in [0.25, 0.3) is 5.65 Å². The van der Waals surface area contributed by atoms with Gasteiger partial charge in [-0.25, -0.2) is 4.98 Å². The largest absolute Gasteiger partial charge is 0.311 e. The van der Waals surface area contributed by atoms with E-state index in [0.717, 1.165) is 30.3 Å². The zero-order valence-electron chi connectivity index (χ0n) is 10.8. The second-order valence-corrected chi connectivity index (χ2v) is 5.25. The predicted octanol–water partition coefficient (Wildman–Crippen LogP) is 1.38. The molecule has 1 N–H and O–H groups in total. The van der Waals surface area contributed by atoms with Crippen LogP contribution in [-0.2, 0) is 6.54 Å². The van der Waals surface area contributed by atoms with Crippen molar-refractivity contribution in [1.29, 1.82) is 0 Å². The molecule has 0 bridgehead atoms. The summed E-state index contributed by atoms with van der Waals surface area (Å²) in [4.78, 5) is 6.98. The second kappa shape index (κ2) is 5.08. The fourth-order valence-corrected chi connectivity index (χ4v) is 2.67. The smallest absolute Gasteiger partial charge is 0.137 e. The minimum Gasteiger partial charge on any atom is -0.311 e. The van der Waals surface area contributed by atoms with E-state index in [1.165, 1.54) is 19.5 Å². The van der Waals surface area contributed by atoms with Crippen molar-refractivity contribution in [3.05, 3.63) is 36.3 Å². The summed E-state index contributed by atoms with van der Waals surface area (Å²) in [5.41, 5.74) is 2.14. The molecule has 3 rings (SSSR count). The lowest BCUT2D eigenvalue weighted by molar-refractivity contribution is 0.388. The molecule has 1 unspecified atom stereocenters. The van der Waals surface area contributed by atoms with Crippen LogP contribution in [0.15, 0.2) is 30.6 Å². The first kappa shape index (κ1) is 11.7. The number of pyridine rings is 1. The second-order valence-electron chi connectivity index (χ2n) is 5.25. The minimum absolute atomic E-state index is 0.798. The zero-order chi connectivity index (χ0) is 12.4. The number of aromatic nitrogens is 2. The Morgan fingerprint density at radius 1 is 1.44 bits per heavy atom. The lowest BCUT2D eigenvalue weighted by Crippen LogP contribution is -2.24. The van der Waals surface area contributed by atoms with E-state index < -0.39 is 0 Å². The fourth-order valence-electron chi connectivity index (χ4n) is 2.67. The van der Waals surface area contributed by atoms with Crippen LogP contribution >= 0.6 is 0 Å². The van der Waals surface area contributed by atoms with Crippen molar-refractivity contribution >= 4 is 5.65 Å². The van der Waals surface area contributed by atoms with E-state index in [2.05, 4.69) is 32.8 Å². The maximum atomic E-state index is 4.58. The minimum atomic E-state index is 0.798. The molecule has 1 aliphatic heterocycles. The Hall–Kier alpha value is -1.39. The third-order valence-corrected chi connectivity index (χ3v) is 3.64. The van der Waals surface area contributed by atoms with Crippen molar-refractivity contribution in [2.24, 2.45) is 5.92 Å². The van der Waals surface area contributed by atoms with E-state index >= 15 is 0 Å². The lowest BCUT2D eigenvalue weighted by atomic mass is 10.1. The molecule has 1 fully saturated rings. The molecule has 1 atom stereocenters. The molecule has 0 amide bonds. The quantitative estimate of drug-likeness (QED) is 0.882. The molecule has 0 saturated carbocycles. The number of hydrogen-bond donors (Lipinski definition) is 1. The van der Waals surface area contributed by atoms with Crippen molar-refractivity contribution in [2.45, 2.75) is 13.0 Å². The standard InChI is InChI=1S/C14H20N4/c1-17-7-5-12(10-17)8-15-9-13-11-18-6-3-2-4-14(18)16-13/h2-4,6,11-12,15H,5,7-10H2,1H3. The number of rotatable bonds is 4. The summed E-state index contributed by atoms with van der Waals surface area (Å²) in [6, 6.07) is 6.09. The average Bonchev–Trinajstić information content (AvgIpc) is 2.95. The number of nitrogens with zero attached hydrogens (tertiary/aromatic N) is 3. The van der Waals surface area contributed by atoms with Gasteiger partial charge < -0.3 is 14.6 Å². The van der Waals surface area contributed by atoms with Gasteiger partial charge in [0.2, 0.25) is 0 Å². The normalized spacial score (nSPS) is 20.8. The Morgan fingerprint density at radius 2 is 2.39 bits per heavy atom.